The zero-order valence-electron chi connectivity index (χ0n) is 15.5. The predicted octanol–water partition coefficient (Wildman–Crippen LogP) is 3.99. The maximum atomic E-state index is 12.5. The fraction of sp³-hybridized carbons (Fsp3) is 0.261. The number of hydrogen-bond acceptors (Lipinski definition) is 5. The Morgan fingerprint density at radius 2 is 1.89 bits per heavy atom. The lowest BCUT2D eigenvalue weighted by Gasteiger charge is -2.21. The maximum absolute atomic E-state index is 12.5. The quantitative estimate of drug-likeness (QED) is 0.521. The summed E-state index contributed by atoms with van der Waals surface area (Å²) in [5.74, 6) is 0.524. The molecule has 142 valence electrons. The number of ketones is 1. The molecule has 0 amide bonds. The molecular formula is C23H22N2O3. The maximum Gasteiger partial charge on any atom is 0.181 e. The fourth-order valence-electron chi connectivity index (χ4n) is 3.83. The lowest BCUT2D eigenvalue weighted by molar-refractivity contribution is 0.0947. The molecule has 0 aliphatic carbocycles. The summed E-state index contributed by atoms with van der Waals surface area (Å²) in [7, 11) is 0. The molecule has 1 fully saturated rings. The minimum atomic E-state index is -0.0199. The number of nitrogens with one attached hydrogen (secondary N) is 1. The first-order valence-electron chi connectivity index (χ1n) is 9.57. The van der Waals surface area contributed by atoms with Gasteiger partial charge in [0.1, 0.15) is 11.4 Å². The Hall–Kier alpha value is -3.05. The summed E-state index contributed by atoms with van der Waals surface area (Å²) in [6, 6.07) is 12.7. The molecule has 5 nitrogen and oxygen atoms in total. The zero-order valence-corrected chi connectivity index (χ0v) is 15.5. The van der Waals surface area contributed by atoms with E-state index < -0.39 is 0 Å². The van der Waals surface area contributed by atoms with Gasteiger partial charge in [-0.2, -0.15) is 0 Å². The van der Waals surface area contributed by atoms with Crippen molar-refractivity contribution < 1.29 is 14.7 Å². The van der Waals surface area contributed by atoms with Crippen molar-refractivity contribution in [2.75, 3.05) is 13.1 Å². The number of rotatable bonds is 5. The Balaban J connectivity index is 1.55. The highest BCUT2D eigenvalue weighted by Crippen LogP contribution is 2.30. The molecule has 0 bridgehead atoms. The van der Waals surface area contributed by atoms with Crippen molar-refractivity contribution in [1.82, 2.24) is 10.3 Å². The van der Waals surface area contributed by atoms with Crippen LogP contribution < -0.4 is 5.32 Å². The zero-order chi connectivity index (χ0) is 19.5. The van der Waals surface area contributed by atoms with Gasteiger partial charge in [0.2, 0.25) is 0 Å². The van der Waals surface area contributed by atoms with Gasteiger partial charge in [-0.3, -0.25) is 14.6 Å². The molecule has 0 radical (unpaired) electrons. The average molecular weight is 374 g/mol. The molecule has 0 saturated carbocycles. The third kappa shape index (κ3) is 3.66. The summed E-state index contributed by atoms with van der Waals surface area (Å²) in [5, 5.41) is 14.7. The molecular weight excluding hydrogens is 352 g/mol. The first-order valence-corrected chi connectivity index (χ1v) is 9.57. The van der Waals surface area contributed by atoms with E-state index in [1.54, 1.807) is 18.3 Å². The molecule has 3 aromatic rings. The van der Waals surface area contributed by atoms with Crippen LogP contribution >= 0.6 is 0 Å². The second kappa shape index (κ2) is 7.90. The molecule has 1 aromatic heterocycles. The predicted molar refractivity (Wildman–Crippen MR) is 109 cm³/mol. The summed E-state index contributed by atoms with van der Waals surface area (Å²) >= 11 is 0. The summed E-state index contributed by atoms with van der Waals surface area (Å²) < 4.78 is 0. The normalized spacial score (nSPS) is 14.9. The number of aromatic hydroxyl groups is 1. The van der Waals surface area contributed by atoms with Gasteiger partial charge in [0.25, 0.3) is 0 Å². The number of aldehydes is 1. The van der Waals surface area contributed by atoms with Crippen LogP contribution in [0.25, 0.3) is 21.9 Å². The van der Waals surface area contributed by atoms with Gasteiger partial charge in [0, 0.05) is 18.2 Å². The van der Waals surface area contributed by atoms with E-state index in [1.165, 1.54) is 6.07 Å². The van der Waals surface area contributed by atoms with Crippen LogP contribution in [0, 0.1) is 5.92 Å². The van der Waals surface area contributed by atoms with E-state index in [0.29, 0.717) is 35.3 Å². The van der Waals surface area contributed by atoms with Crippen LogP contribution in [0.2, 0.25) is 0 Å². The number of carbonyl (C=O) groups is 2. The number of aromatic nitrogens is 1. The first kappa shape index (κ1) is 18.3. The van der Waals surface area contributed by atoms with Crippen LogP contribution in [0.15, 0.2) is 48.7 Å². The highest BCUT2D eigenvalue weighted by Gasteiger charge is 2.18. The van der Waals surface area contributed by atoms with Gasteiger partial charge in [-0.1, -0.05) is 24.3 Å². The standard InChI is InChI=1S/C23H22N2O3/c26-14-20-19-4-1-16(12-17(19)3-6-22(20)27)18-2-5-21(25-13-18)23(28)11-15-7-9-24-10-8-15/h1-6,12-15,24,27H,7-11H2. The van der Waals surface area contributed by atoms with Crippen LogP contribution in [-0.4, -0.2) is 35.2 Å². The van der Waals surface area contributed by atoms with Gasteiger partial charge in [0.15, 0.2) is 12.1 Å². The Labute approximate surface area is 163 Å². The smallest absolute Gasteiger partial charge is 0.181 e. The van der Waals surface area contributed by atoms with Gasteiger partial charge in [0.05, 0.1) is 5.56 Å². The Morgan fingerprint density at radius 1 is 1.11 bits per heavy atom. The second-order valence-corrected chi connectivity index (χ2v) is 7.30. The summed E-state index contributed by atoms with van der Waals surface area (Å²) in [6.07, 6.45) is 5.03. The number of piperidine rings is 1. The average Bonchev–Trinajstić information content (AvgIpc) is 2.74. The number of benzene rings is 2. The number of fused-ring (bicyclic) bond motifs is 1. The van der Waals surface area contributed by atoms with Crippen LogP contribution in [0.3, 0.4) is 0 Å². The first-order chi connectivity index (χ1) is 13.7. The van der Waals surface area contributed by atoms with Crippen molar-refractivity contribution in [1.29, 1.82) is 0 Å². The van der Waals surface area contributed by atoms with Gasteiger partial charge in [-0.05, 0) is 66.4 Å². The second-order valence-electron chi connectivity index (χ2n) is 7.30. The number of phenolic OH excluding ortho intramolecular Hbond substituents is 1. The highest BCUT2D eigenvalue weighted by molar-refractivity contribution is 6.02. The van der Waals surface area contributed by atoms with Crippen LogP contribution in [0.4, 0.5) is 0 Å². The van der Waals surface area contributed by atoms with E-state index in [-0.39, 0.29) is 11.5 Å². The van der Waals surface area contributed by atoms with E-state index in [0.717, 1.165) is 42.4 Å². The van der Waals surface area contributed by atoms with E-state index in [9.17, 15) is 14.7 Å². The van der Waals surface area contributed by atoms with E-state index >= 15 is 0 Å². The number of carbonyl (C=O) groups excluding carboxylic acids is 2. The van der Waals surface area contributed by atoms with Gasteiger partial charge in [-0.15, -0.1) is 0 Å². The van der Waals surface area contributed by atoms with Crippen LogP contribution in [-0.2, 0) is 0 Å². The molecule has 1 aliphatic rings. The van der Waals surface area contributed by atoms with Crippen LogP contribution in [0.5, 0.6) is 5.75 Å². The lowest BCUT2D eigenvalue weighted by Crippen LogP contribution is -2.29. The summed E-state index contributed by atoms with van der Waals surface area (Å²) in [5.41, 5.74) is 2.65. The largest absolute Gasteiger partial charge is 0.507 e. The SMILES string of the molecule is O=Cc1c(O)ccc2cc(-c3ccc(C(=O)CC4CCNCC4)nc3)ccc12. The monoisotopic (exact) mass is 374 g/mol. The molecule has 0 atom stereocenters. The molecule has 5 heteroatoms. The van der Waals surface area contributed by atoms with Gasteiger partial charge in [-0.25, -0.2) is 0 Å². The lowest BCUT2D eigenvalue weighted by atomic mass is 9.91. The molecule has 28 heavy (non-hydrogen) atoms. The molecule has 2 heterocycles. The number of nitrogens with zero attached hydrogens (tertiary/aromatic N) is 1. The third-order valence-electron chi connectivity index (χ3n) is 5.47. The van der Waals surface area contributed by atoms with Gasteiger partial charge >= 0.3 is 0 Å². The summed E-state index contributed by atoms with van der Waals surface area (Å²) in [6.45, 7) is 1.96. The molecule has 1 aliphatic heterocycles. The Kier molecular flexibility index (Phi) is 5.17. The number of phenols is 1. The minimum absolute atomic E-state index is 0.0199. The fourth-order valence-corrected chi connectivity index (χ4v) is 3.83. The number of Topliss-reactive ketones (excluding diaryl/α,β-unsaturated/α-hetero) is 1. The van der Waals surface area contributed by atoms with Crippen molar-refractivity contribution in [3.8, 4) is 16.9 Å². The van der Waals surface area contributed by atoms with Crippen LogP contribution in [0.1, 0.15) is 40.1 Å². The van der Waals surface area contributed by atoms with Crippen molar-refractivity contribution in [2.24, 2.45) is 5.92 Å². The van der Waals surface area contributed by atoms with Crippen molar-refractivity contribution in [3.05, 3.63) is 59.9 Å². The number of hydrogen-bond donors (Lipinski definition) is 2. The Bertz CT molecular complexity index is 1020. The molecule has 4 rings (SSSR count). The molecule has 0 unspecified atom stereocenters. The van der Waals surface area contributed by atoms with Crippen molar-refractivity contribution in [3.63, 3.8) is 0 Å². The van der Waals surface area contributed by atoms with Crippen molar-refractivity contribution in [2.45, 2.75) is 19.3 Å². The third-order valence-corrected chi connectivity index (χ3v) is 5.47. The van der Waals surface area contributed by atoms with Gasteiger partial charge < -0.3 is 10.4 Å². The highest BCUT2D eigenvalue weighted by atomic mass is 16.3. The van der Waals surface area contributed by atoms with E-state index in [4.69, 9.17) is 0 Å². The molecule has 2 aromatic carbocycles. The van der Waals surface area contributed by atoms with Crippen molar-refractivity contribution >= 4 is 22.8 Å². The summed E-state index contributed by atoms with van der Waals surface area (Å²) in [4.78, 5) is 28.1. The molecule has 0 spiro atoms. The topological polar surface area (TPSA) is 79.3 Å². The number of pyridine rings is 1. The minimum Gasteiger partial charge on any atom is -0.507 e. The Morgan fingerprint density at radius 3 is 2.61 bits per heavy atom. The molecule has 2 N–H and O–H groups in total. The van der Waals surface area contributed by atoms with E-state index in [1.807, 2.05) is 24.3 Å². The molecule has 1 saturated heterocycles. The van der Waals surface area contributed by atoms with E-state index in [2.05, 4.69) is 10.3 Å².